The summed E-state index contributed by atoms with van der Waals surface area (Å²) in [7, 11) is 0. The highest BCUT2D eigenvalue weighted by Gasteiger charge is 2.34. The van der Waals surface area contributed by atoms with Crippen LogP contribution in [0.25, 0.3) is 0 Å². The van der Waals surface area contributed by atoms with Crippen LogP contribution in [0.1, 0.15) is 12.8 Å². The first kappa shape index (κ1) is 13.1. The number of halogens is 1. The second-order valence-electron chi connectivity index (χ2n) is 4.31. The summed E-state index contributed by atoms with van der Waals surface area (Å²) in [6, 6.07) is 6.83. The number of hydrogen-bond acceptors (Lipinski definition) is 4. The van der Waals surface area contributed by atoms with Crippen LogP contribution in [-0.2, 0) is 0 Å². The van der Waals surface area contributed by atoms with Gasteiger partial charge in [0.1, 0.15) is 5.75 Å². The Kier molecular flexibility index (Phi) is 4.38. The van der Waals surface area contributed by atoms with Crippen LogP contribution >= 0.6 is 11.6 Å². The first-order chi connectivity index (χ1) is 8.68. The molecule has 1 aromatic carbocycles. The van der Waals surface area contributed by atoms with Crippen molar-refractivity contribution in [3.05, 3.63) is 39.4 Å². The Bertz CT molecular complexity index is 422. The van der Waals surface area contributed by atoms with E-state index >= 15 is 0 Å². The third-order valence-corrected chi connectivity index (χ3v) is 3.39. The van der Waals surface area contributed by atoms with E-state index in [-0.39, 0.29) is 10.8 Å². The summed E-state index contributed by atoms with van der Waals surface area (Å²) >= 11 is 5.95. The first-order valence-corrected chi connectivity index (χ1v) is 6.31. The van der Waals surface area contributed by atoms with Gasteiger partial charge in [-0.05, 0) is 38.1 Å². The van der Waals surface area contributed by atoms with Crippen LogP contribution in [0.4, 0.5) is 0 Å². The summed E-state index contributed by atoms with van der Waals surface area (Å²) in [5.41, 5.74) is 0. The van der Waals surface area contributed by atoms with Gasteiger partial charge in [0.25, 0.3) is 0 Å². The Morgan fingerprint density at radius 1 is 1.39 bits per heavy atom. The van der Waals surface area contributed by atoms with Gasteiger partial charge in [-0.2, -0.15) is 0 Å². The second-order valence-corrected chi connectivity index (χ2v) is 4.72. The zero-order chi connectivity index (χ0) is 13.0. The number of nitro groups is 1. The molecular formula is C12H15ClN2O3. The monoisotopic (exact) mass is 270 g/mol. The largest absolute Gasteiger partial charge is 0.428 e. The molecule has 1 atom stereocenters. The highest BCUT2D eigenvalue weighted by atomic mass is 35.5. The third kappa shape index (κ3) is 3.11. The molecule has 0 amide bonds. The van der Waals surface area contributed by atoms with E-state index in [0.717, 1.165) is 25.9 Å². The maximum atomic E-state index is 11.1. The molecule has 0 spiro atoms. The number of nitrogens with one attached hydrogen (secondary N) is 1. The number of nitrogens with zero attached hydrogens (tertiary/aromatic N) is 1. The van der Waals surface area contributed by atoms with Crippen molar-refractivity contribution in [3.8, 4) is 5.75 Å². The summed E-state index contributed by atoms with van der Waals surface area (Å²) in [6.45, 7) is 1.59. The van der Waals surface area contributed by atoms with Crippen molar-refractivity contribution in [2.24, 2.45) is 5.92 Å². The van der Waals surface area contributed by atoms with Crippen LogP contribution in [0, 0.1) is 16.0 Å². The fraction of sp³-hybridized carbons (Fsp3) is 0.500. The van der Waals surface area contributed by atoms with E-state index < -0.39 is 6.23 Å². The van der Waals surface area contributed by atoms with Gasteiger partial charge in [0.15, 0.2) is 0 Å². The van der Waals surface area contributed by atoms with E-state index in [2.05, 4.69) is 5.32 Å². The fourth-order valence-electron chi connectivity index (χ4n) is 2.11. The van der Waals surface area contributed by atoms with Gasteiger partial charge in [-0.3, -0.25) is 10.1 Å². The van der Waals surface area contributed by atoms with Crippen molar-refractivity contribution in [3.63, 3.8) is 0 Å². The van der Waals surface area contributed by atoms with Gasteiger partial charge < -0.3 is 10.1 Å². The smallest absolute Gasteiger partial charge is 0.356 e. The molecule has 1 aliphatic heterocycles. The predicted molar refractivity (Wildman–Crippen MR) is 68.5 cm³/mol. The zero-order valence-corrected chi connectivity index (χ0v) is 10.6. The van der Waals surface area contributed by atoms with E-state index in [4.69, 9.17) is 16.3 Å². The topological polar surface area (TPSA) is 64.4 Å². The maximum Gasteiger partial charge on any atom is 0.356 e. The molecule has 0 saturated carbocycles. The van der Waals surface area contributed by atoms with Crippen molar-refractivity contribution >= 4 is 11.6 Å². The quantitative estimate of drug-likeness (QED) is 0.518. The molecule has 1 fully saturated rings. The molecule has 0 radical (unpaired) electrons. The average molecular weight is 271 g/mol. The Hall–Kier alpha value is -1.33. The van der Waals surface area contributed by atoms with Gasteiger partial charge in [0.05, 0.1) is 15.9 Å². The van der Waals surface area contributed by atoms with Crippen molar-refractivity contribution in [1.82, 2.24) is 5.32 Å². The SMILES string of the molecule is O=[N+]([O-])[C@@H](Oc1ccccc1Cl)C1CCNCC1. The van der Waals surface area contributed by atoms with Crippen molar-refractivity contribution in [2.75, 3.05) is 13.1 Å². The Morgan fingerprint density at radius 2 is 2.06 bits per heavy atom. The van der Waals surface area contributed by atoms with Crippen molar-refractivity contribution in [1.29, 1.82) is 0 Å². The number of benzene rings is 1. The number of para-hydroxylation sites is 1. The van der Waals surface area contributed by atoms with Gasteiger partial charge in [-0.1, -0.05) is 23.7 Å². The van der Waals surface area contributed by atoms with E-state index in [9.17, 15) is 10.1 Å². The van der Waals surface area contributed by atoms with Gasteiger partial charge in [-0.25, -0.2) is 0 Å². The molecule has 1 saturated heterocycles. The predicted octanol–water partition coefficient (Wildman–Crippen LogP) is 2.32. The highest BCUT2D eigenvalue weighted by Crippen LogP contribution is 2.28. The van der Waals surface area contributed by atoms with E-state index in [1.807, 2.05) is 0 Å². The molecule has 98 valence electrons. The number of hydrogen-bond donors (Lipinski definition) is 1. The molecule has 1 aromatic rings. The normalized spacial score (nSPS) is 18.3. The van der Waals surface area contributed by atoms with Gasteiger partial charge in [-0.15, -0.1) is 0 Å². The van der Waals surface area contributed by atoms with Gasteiger partial charge in [0, 0.05) is 0 Å². The van der Waals surface area contributed by atoms with Gasteiger partial charge in [0.2, 0.25) is 0 Å². The summed E-state index contributed by atoms with van der Waals surface area (Å²) in [5, 5.41) is 14.7. The second kappa shape index (κ2) is 6.02. The lowest BCUT2D eigenvalue weighted by Gasteiger charge is -2.25. The first-order valence-electron chi connectivity index (χ1n) is 5.94. The Labute approximate surface area is 110 Å². The Morgan fingerprint density at radius 3 is 2.67 bits per heavy atom. The lowest BCUT2D eigenvalue weighted by Crippen LogP contribution is -2.41. The lowest BCUT2D eigenvalue weighted by atomic mass is 9.96. The molecule has 18 heavy (non-hydrogen) atoms. The summed E-state index contributed by atoms with van der Waals surface area (Å²) in [5.74, 6) is 0.303. The van der Waals surface area contributed by atoms with E-state index in [1.165, 1.54) is 0 Å². The molecule has 1 aliphatic rings. The van der Waals surface area contributed by atoms with E-state index in [0.29, 0.717) is 10.8 Å². The highest BCUT2D eigenvalue weighted by molar-refractivity contribution is 6.32. The molecular weight excluding hydrogens is 256 g/mol. The minimum Gasteiger partial charge on any atom is -0.428 e. The summed E-state index contributed by atoms with van der Waals surface area (Å²) < 4.78 is 5.49. The number of ether oxygens (including phenoxy) is 1. The van der Waals surface area contributed by atoms with Crippen LogP contribution in [0.15, 0.2) is 24.3 Å². The molecule has 1 N–H and O–H groups in total. The third-order valence-electron chi connectivity index (χ3n) is 3.08. The molecule has 5 nitrogen and oxygen atoms in total. The summed E-state index contributed by atoms with van der Waals surface area (Å²) in [4.78, 5) is 10.8. The van der Waals surface area contributed by atoms with Crippen LogP contribution in [0.5, 0.6) is 5.75 Å². The Balaban J connectivity index is 2.11. The van der Waals surface area contributed by atoms with Crippen LogP contribution < -0.4 is 10.1 Å². The minimum absolute atomic E-state index is 0.0717. The average Bonchev–Trinajstić information content (AvgIpc) is 2.38. The van der Waals surface area contributed by atoms with E-state index in [1.54, 1.807) is 24.3 Å². The van der Waals surface area contributed by atoms with Crippen molar-refractivity contribution in [2.45, 2.75) is 19.1 Å². The number of rotatable bonds is 4. The molecule has 6 heteroatoms. The minimum atomic E-state index is -1.02. The van der Waals surface area contributed by atoms with Crippen LogP contribution in [0.2, 0.25) is 5.02 Å². The molecule has 0 aromatic heterocycles. The number of piperidine rings is 1. The summed E-state index contributed by atoms with van der Waals surface area (Å²) in [6.07, 6.45) is 0.471. The van der Waals surface area contributed by atoms with Crippen molar-refractivity contribution < 1.29 is 9.66 Å². The maximum absolute atomic E-state index is 11.1. The molecule has 1 heterocycles. The fourth-order valence-corrected chi connectivity index (χ4v) is 2.29. The zero-order valence-electron chi connectivity index (χ0n) is 9.84. The molecule has 2 rings (SSSR count). The van der Waals surface area contributed by atoms with Crippen LogP contribution in [0.3, 0.4) is 0 Å². The lowest BCUT2D eigenvalue weighted by molar-refractivity contribution is -0.574. The standard InChI is InChI=1S/C12H15ClN2O3/c13-10-3-1-2-4-11(10)18-12(15(16)17)9-5-7-14-8-6-9/h1-4,9,12,14H,5-8H2/t12-/m0/s1. The molecule has 0 unspecified atom stereocenters. The molecule has 0 bridgehead atoms. The van der Waals surface area contributed by atoms with Crippen LogP contribution in [-0.4, -0.2) is 24.2 Å². The molecule has 0 aliphatic carbocycles. The van der Waals surface area contributed by atoms with Gasteiger partial charge >= 0.3 is 6.23 Å².